The van der Waals surface area contributed by atoms with Crippen molar-refractivity contribution in [2.45, 2.75) is 65.6 Å². The summed E-state index contributed by atoms with van der Waals surface area (Å²) in [6.07, 6.45) is -2.42. The molecule has 120 valence electrons. The molecule has 0 amide bonds. The quantitative estimate of drug-likeness (QED) is 0.569. The van der Waals surface area contributed by atoms with Gasteiger partial charge in [0.05, 0.1) is 6.10 Å². The molecule has 1 saturated heterocycles. The molecular weight excluding hydrogens is 280 g/mol. The standard InChI is InChI=1S/C14H22O7/c1-6-11-7(2)12(18-8(3)15)13(19-9(4)16)14(21-11)20-10(5)17/h7,11-14H,6H2,1-5H3/t7-,11+,12-,13+,14+/m0/s1. The minimum Gasteiger partial charge on any atom is -0.458 e. The molecule has 0 aliphatic carbocycles. The summed E-state index contributed by atoms with van der Waals surface area (Å²) in [6, 6.07) is 0. The number of rotatable bonds is 4. The van der Waals surface area contributed by atoms with Crippen LogP contribution in [0.15, 0.2) is 0 Å². The predicted octanol–water partition coefficient (Wildman–Crippen LogP) is 1.18. The topological polar surface area (TPSA) is 88.1 Å². The molecule has 5 atom stereocenters. The van der Waals surface area contributed by atoms with E-state index in [1.807, 2.05) is 13.8 Å². The SMILES string of the molecule is CC[C@H]1O[C@@H](OC(C)=O)[C@H](OC(C)=O)[C@@H](OC(C)=O)[C@H]1C. The summed E-state index contributed by atoms with van der Waals surface area (Å²) in [5.74, 6) is -1.83. The van der Waals surface area contributed by atoms with Gasteiger partial charge in [-0.1, -0.05) is 13.8 Å². The maximum absolute atomic E-state index is 11.3. The van der Waals surface area contributed by atoms with Crippen molar-refractivity contribution in [2.75, 3.05) is 0 Å². The Morgan fingerprint density at radius 2 is 1.38 bits per heavy atom. The smallest absolute Gasteiger partial charge is 0.305 e. The average Bonchev–Trinajstić information content (AvgIpc) is 2.35. The van der Waals surface area contributed by atoms with E-state index >= 15 is 0 Å². The third kappa shape index (κ3) is 4.70. The number of ether oxygens (including phenoxy) is 4. The molecule has 0 bridgehead atoms. The van der Waals surface area contributed by atoms with Crippen LogP contribution in [-0.2, 0) is 33.3 Å². The minimum absolute atomic E-state index is 0.199. The molecule has 0 N–H and O–H groups in total. The molecule has 0 saturated carbocycles. The van der Waals surface area contributed by atoms with E-state index in [4.69, 9.17) is 18.9 Å². The van der Waals surface area contributed by atoms with Crippen LogP contribution in [-0.4, -0.2) is 42.5 Å². The van der Waals surface area contributed by atoms with Gasteiger partial charge in [-0.2, -0.15) is 0 Å². The summed E-state index contributed by atoms with van der Waals surface area (Å²) in [6.45, 7) is 7.47. The Balaban J connectivity index is 3.05. The summed E-state index contributed by atoms with van der Waals surface area (Å²) in [4.78, 5) is 33.8. The zero-order chi connectivity index (χ0) is 16.2. The zero-order valence-corrected chi connectivity index (χ0v) is 13.0. The number of carbonyl (C=O) groups excluding carboxylic acids is 3. The van der Waals surface area contributed by atoms with Crippen molar-refractivity contribution >= 4 is 17.9 Å². The summed E-state index contributed by atoms with van der Waals surface area (Å²) in [5.41, 5.74) is 0. The van der Waals surface area contributed by atoms with E-state index in [9.17, 15) is 14.4 Å². The molecule has 0 aromatic carbocycles. The molecule has 7 heteroatoms. The Hall–Kier alpha value is -1.63. The van der Waals surface area contributed by atoms with E-state index in [0.717, 1.165) is 0 Å². The highest BCUT2D eigenvalue weighted by Gasteiger charge is 2.48. The van der Waals surface area contributed by atoms with E-state index in [2.05, 4.69) is 0 Å². The predicted molar refractivity (Wildman–Crippen MR) is 71.0 cm³/mol. The lowest BCUT2D eigenvalue weighted by atomic mass is 9.89. The third-order valence-electron chi connectivity index (χ3n) is 3.29. The maximum atomic E-state index is 11.3. The molecule has 0 aromatic heterocycles. The Morgan fingerprint density at radius 3 is 1.81 bits per heavy atom. The van der Waals surface area contributed by atoms with E-state index in [1.165, 1.54) is 20.8 Å². The van der Waals surface area contributed by atoms with E-state index in [1.54, 1.807) is 0 Å². The van der Waals surface area contributed by atoms with Crippen LogP contribution in [0.4, 0.5) is 0 Å². The number of hydrogen-bond acceptors (Lipinski definition) is 7. The van der Waals surface area contributed by atoms with Gasteiger partial charge >= 0.3 is 17.9 Å². The average molecular weight is 302 g/mol. The summed E-state index contributed by atoms with van der Waals surface area (Å²) >= 11 is 0. The lowest BCUT2D eigenvalue weighted by Gasteiger charge is -2.43. The molecule has 1 aliphatic rings. The van der Waals surface area contributed by atoms with Crippen molar-refractivity contribution in [3.63, 3.8) is 0 Å². The largest absolute Gasteiger partial charge is 0.458 e. The summed E-state index contributed by atoms with van der Waals surface area (Å²) in [5, 5.41) is 0. The van der Waals surface area contributed by atoms with E-state index in [0.29, 0.717) is 6.42 Å². The van der Waals surface area contributed by atoms with Gasteiger partial charge in [-0.15, -0.1) is 0 Å². The fraction of sp³-hybridized carbons (Fsp3) is 0.786. The maximum Gasteiger partial charge on any atom is 0.305 e. The molecule has 0 spiro atoms. The van der Waals surface area contributed by atoms with Crippen molar-refractivity contribution in [1.82, 2.24) is 0 Å². The fourth-order valence-corrected chi connectivity index (χ4v) is 2.45. The Morgan fingerprint density at radius 1 is 0.905 bits per heavy atom. The first-order valence-corrected chi connectivity index (χ1v) is 6.93. The summed E-state index contributed by atoms with van der Waals surface area (Å²) < 4.78 is 21.2. The molecule has 1 fully saturated rings. The minimum atomic E-state index is -1.09. The van der Waals surface area contributed by atoms with Gasteiger partial charge < -0.3 is 18.9 Å². The monoisotopic (exact) mass is 302 g/mol. The first-order chi connectivity index (χ1) is 9.76. The van der Waals surface area contributed by atoms with Crippen molar-refractivity contribution in [3.05, 3.63) is 0 Å². The second-order valence-electron chi connectivity index (χ2n) is 5.07. The Kier molecular flexibility index (Phi) is 6.14. The van der Waals surface area contributed by atoms with Crippen molar-refractivity contribution in [1.29, 1.82) is 0 Å². The molecule has 0 unspecified atom stereocenters. The lowest BCUT2D eigenvalue weighted by Crippen LogP contribution is -2.57. The van der Waals surface area contributed by atoms with Gasteiger partial charge in [0, 0.05) is 26.7 Å². The van der Waals surface area contributed by atoms with Gasteiger partial charge in [0.1, 0.15) is 6.10 Å². The second-order valence-corrected chi connectivity index (χ2v) is 5.07. The highest BCUT2D eigenvalue weighted by atomic mass is 16.7. The molecule has 0 radical (unpaired) electrons. The molecule has 1 aliphatic heterocycles. The van der Waals surface area contributed by atoms with Crippen LogP contribution in [0.5, 0.6) is 0 Å². The van der Waals surface area contributed by atoms with Crippen LogP contribution in [0, 0.1) is 5.92 Å². The van der Waals surface area contributed by atoms with Crippen LogP contribution in [0.1, 0.15) is 41.0 Å². The van der Waals surface area contributed by atoms with Gasteiger partial charge in [0.2, 0.25) is 12.4 Å². The molecule has 1 heterocycles. The lowest BCUT2D eigenvalue weighted by molar-refractivity contribution is -0.281. The molecular formula is C14H22O7. The highest BCUT2D eigenvalue weighted by Crippen LogP contribution is 2.32. The van der Waals surface area contributed by atoms with Gasteiger partial charge in [-0.3, -0.25) is 14.4 Å². The molecule has 7 nitrogen and oxygen atoms in total. The molecule has 21 heavy (non-hydrogen) atoms. The number of esters is 3. The Labute approximate surface area is 123 Å². The first kappa shape index (κ1) is 17.4. The van der Waals surface area contributed by atoms with Gasteiger partial charge in [0.25, 0.3) is 0 Å². The number of hydrogen-bond donors (Lipinski definition) is 0. The first-order valence-electron chi connectivity index (χ1n) is 6.93. The van der Waals surface area contributed by atoms with Gasteiger partial charge in [-0.25, -0.2) is 0 Å². The van der Waals surface area contributed by atoms with Crippen molar-refractivity contribution in [2.24, 2.45) is 5.92 Å². The van der Waals surface area contributed by atoms with Crippen LogP contribution in [0.2, 0.25) is 0 Å². The third-order valence-corrected chi connectivity index (χ3v) is 3.29. The van der Waals surface area contributed by atoms with Crippen molar-refractivity contribution in [3.8, 4) is 0 Å². The van der Waals surface area contributed by atoms with Crippen LogP contribution in [0.3, 0.4) is 0 Å². The van der Waals surface area contributed by atoms with Crippen LogP contribution < -0.4 is 0 Å². The normalized spacial score (nSPS) is 32.1. The fourth-order valence-electron chi connectivity index (χ4n) is 2.45. The number of carbonyl (C=O) groups is 3. The Bertz CT molecular complexity index is 406. The van der Waals surface area contributed by atoms with E-state index in [-0.39, 0.29) is 12.0 Å². The summed E-state index contributed by atoms with van der Waals surface area (Å²) in [7, 11) is 0. The second kappa shape index (κ2) is 7.40. The van der Waals surface area contributed by atoms with Gasteiger partial charge in [-0.05, 0) is 6.42 Å². The van der Waals surface area contributed by atoms with Crippen LogP contribution in [0.25, 0.3) is 0 Å². The molecule has 1 rings (SSSR count). The van der Waals surface area contributed by atoms with Crippen molar-refractivity contribution < 1.29 is 33.3 Å². The van der Waals surface area contributed by atoms with Gasteiger partial charge in [0.15, 0.2) is 0 Å². The zero-order valence-electron chi connectivity index (χ0n) is 13.0. The molecule has 0 aromatic rings. The highest BCUT2D eigenvalue weighted by molar-refractivity contribution is 5.68. The van der Waals surface area contributed by atoms with Crippen LogP contribution >= 0.6 is 0 Å². The van der Waals surface area contributed by atoms with E-state index < -0.39 is 36.4 Å².